The Bertz CT molecular complexity index is 861. The Morgan fingerprint density at radius 3 is 2.64 bits per heavy atom. The van der Waals surface area contributed by atoms with Gasteiger partial charge in [0.2, 0.25) is 5.91 Å². The third-order valence-corrected chi connectivity index (χ3v) is 5.52. The average molecular weight is 379 g/mol. The molecule has 1 saturated heterocycles. The lowest BCUT2D eigenvalue weighted by molar-refractivity contribution is -0.121. The maximum atomic E-state index is 12.7. The molecule has 0 aliphatic carbocycles. The van der Waals surface area contributed by atoms with Gasteiger partial charge in [-0.1, -0.05) is 30.3 Å². The number of likely N-dealkylation sites (N-methyl/N-ethyl adjacent to an activating group) is 1. The number of fused-ring (bicyclic) bond motifs is 1. The lowest BCUT2D eigenvalue weighted by atomic mass is 9.95. The Kier molecular flexibility index (Phi) is 5.30. The van der Waals surface area contributed by atoms with Crippen LogP contribution in [0.1, 0.15) is 18.4 Å². The van der Waals surface area contributed by atoms with Crippen molar-refractivity contribution in [3.05, 3.63) is 54.1 Å². The van der Waals surface area contributed by atoms with Crippen molar-refractivity contribution < 1.29 is 14.3 Å². The zero-order valence-corrected chi connectivity index (χ0v) is 16.1. The second-order valence-electron chi connectivity index (χ2n) is 7.45. The highest BCUT2D eigenvalue weighted by Crippen LogP contribution is 2.34. The molecule has 2 aliphatic rings. The quantitative estimate of drug-likeness (QED) is 0.887. The van der Waals surface area contributed by atoms with E-state index in [2.05, 4.69) is 34.5 Å². The number of nitrogens with one attached hydrogen (secondary N) is 1. The van der Waals surface area contributed by atoms with Gasteiger partial charge >= 0.3 is 0 Å². The van der Waals surface area contributed by atoms with Gasteiger partial charge < -0.3 is 15.0 Å². The van der Waals surface area contributed by atoms with E-state index in [0.717, 1.165) is 32.5 Å². The van der Waals surface area contributed by atoms with Gasteiger partial charge in [0.1, 0.15) is 5.75 Å². The number of rotatable bonds is 4. The van der Waals surface area contributed by atoms with Crippen LogP contribution in [-0.2, 0) is 16.1 Å². The molecule has 0 spiro atoms. The van der Waals surface area contributed by atoms with Gasteiger partial charge in [-0.2, -0.15) is 0 Å². The van der Waals surface area contributed by atoms with Gasteiger partial charge in [-0.3, -0.25) is 14.5 Å². The lowest BCUT2D eigenvalue weighted by Gasteiger charge is -2.31. The first kappa shape index (κ1) is 18.5. The summed E-state index contributed by atoms with van der Waals surface area (Å²) in [5.74, 6) is 0.625. The molecule has 1 fully saturated rings. The van der Waals surface area contributed by atoms with Crippen LogP contribution in [0.4, 0.5) is 11.4 Å². The van der Waals surface area contributed by atoms with E-state index >= 15 is 0 Å². The number of ether oxygens (including phenoxy) is 1. The largest absolute Gasteiger partial charge is 0.482 e. The number of hydrogen-bond donors (Lipinski definition) is 1. The highest BCUT2D eigenvalue weighted by molar-refractivity contribution is 5.99. The monoisotopic (exact) mass is 379 g/mol. The second-order valence-corrected chi connectivity index (χ2v) is 7.45. The Morgan fingerprint density at radius 2 is 1.89 bits per heavy atom. The van der Waals surface area contributed by atoms with Crippen LogP contribution in [0.3, 0.4) is 0 Å². The van der Waals surface area contributed by atoms with Crippen molar-refractivity contribution >= 4 is 23.2 Å². The molecule has 0 atom stereocenters. The summed E-state index contributed by atoms with van der Waals surface area (Å²) in [4.78, 5) is 28.5. The standard InChI is InChI=1S/C22H25N3O3/c1-24-19-13-18(7-8-20(19)28-15-21(24)26)23-22(27)17-9-11-25(12-10-17)14-16-5-3-2-4-6-16/h2-8,13,17H,9-12,14-15H2,1H3,(H,23,27). The second kappa shape index (κ2) is 8.02. The summed E-state index contributed by atoms with van der Waals surface area (Å²) in [6, 6.07) is 15.9. The van der Waals surface area contributed by atoms with Crippen LogP contribution in [0, 0.1) is 5.92 Å². The molecule has 0 bridgehead atoms. The fourth-order valence-corrected chi connectivity index (χ4v) is 3.79. The molecule has 2 aromatic carbocycles. The van der Waals surface area contributed by atoms with E-state index in [1.807, 2.05) is 12.1 Å². The minimum Gasteiger partial charge on any atom is -0.482 e. The van der Waals surface area contributed by atoms with Gasteiger partial charge in [-0.05, 0) is 49.7 Å². The minimum absolute atomic E-state index is 0.0127. The summed E-state index contributed by atoms with van der Waals surface area (Å²) in [6.45, 7) is 2.82. The molecular weight excluding hydrogens is 354 g/mol. The van der Waals surface area contributed by atoms with E-state index in [9.17, 15) is 9.59 Å². The zero-order valence-electron chi connectivity index (χ0n) is 16.1. The molecule has 4 rings (SSSR count). The molecule has 2 heterocycles. The van der Waals surface area contributed by atoms with Crippen molar-refractivity contribution in [3.63, 3.8) is 0 Å². The molecular formula is C22H25N3O3. The molecule has 0 saturated carbocycles. The predicted octanol–water partition coefficient (Wildman–Crippen LogP) is 2.89. The Morgan fingerprint density at radius 1 is 1.14 bits per heavy atom. The number of carbonyl (C=O) groups excluding carboxylic acids is 2. The van der Waals surface area contributed by atoms with Gasteiger partial charge in [0.25, 0.3) is 5.91 Å². The van der Waals surface area contributed by atoms with Crippen molar-refractivity contribution in [3.8, 4) is 5.75 Å². The topological polar surface area (TPSA) is 61.9 Å². The van der Waals surface area contributed by atoms with Crippen LogP contribution in [-0.4, -0.2) is 43.5 Å². The van der Waals surface area contributed by atoms with Crippen LogP contribution in [0.5, 0.6) is 5.75 Å². The summed E-state index contributed by atoms with van der Waals surface area (Å²) < 4.78 is 5.43. The van der Waals surface area contributed by atoms with Crippen LogP contribution < -0.4 is 15.0 Å². The van der Waals surface area contributed by atoms with E-state index in [1.165, 1.54) is 5.56 Å². The van der Waals surface area contributed by atoms with Gasteiger partial charge in [0.05, 0.1) is 5.69 Å². The molecule has 1 N–H and O–H groups in total. The number of amides is 2. The summed E-state index contributed by atoms with van der Waals surface area (Å²) in [5, 5.41) is 3.01. The average Bonchev–Trinajstić information content (AvgIpc) is 2.72. The van der Waals surface area contributed by atoms with Crippen LogP contribution in [0.15, 0.2) is 48.5 Å². The molecule has 28 heavy (non-hydrogen) atoms. The number of nitrogens with zero attached hydrogens (tertiary/aromatic N) is 2. The van der Waals surface area contributed by atoms with Crippen LogP contribution in [0.25, 0.3) is 0 Å². The normalized spacial score (nSPS) is 17.8. The number of hydrogen-bond acceptors (Lipinski definition) is 4. The first-order valence-electron chi connectivity index (χ1n) is 9.71. The molecule has 6 heteroatoms. The molecule has 2 aliphatic heterocycles. The molecule has 6 nitrogen and oxygen atoms in total. The summed E-state index contributed by atoms with van der Waals surface area (Å²) in [6.07, 6.45) is 1.70. The molecule has 2 amide bonds. The number of anilines is 2. The summed E-state index contributed by atoms with van der Waals surface area (Å²) in [7, 11) is 1.72. The van der Waals surface area contributed by atoms with Gasteiger partial charge in [-0.15, -0.1) is 0 Å². The molecule has 2 aromatic rings. The summed E-state index contributed by atoms with van der Waals surface area (Å²) >= 11 is 0. The number of benzene rings is 2. The van der Waals surface area contributed by atoms with Crippen molar-refractivity contribution in [1.29, 1.82) is 0 Å². The maximum absolute atomic E-state index is 12.7. The predicted molar refractivity (Wildman–Crippen MR) is 108 cm³/mol. The molecule has 0 unspecified atom stereocenters. The first-order valence-corrected chi connectivity index (χ1v) is 9.71. The molecule has 0 radical (unpaired) electrons. The Hall–Kier alpha value is -2.86. The first-order chi connectivity index (χ1) is 13.6. The Balaban J connectivity index is 1.33. The van der Waals surface area contributed by atoms with E-state index in [4.69, 9.17) is 4.74 Å². The molecule has 146 valence electrons. The summed E-state index contributed by atoms with van der Waals surface area (Å²) in [5.41, 5.74) is 2.69. The number of piperidine rings is 1. The van der Waals surface area contributed by atoms with Crippen molar-refractivity contribution in [2.45, 2.75) is 19.4 Å². The van der Waals surface area contributed by atoms with E-state index in [-0.39, 0.29) is 24.3 Å². The minimum atomic E-state index is -0.0956. The Labute approximate surface area is 165 Å². The fourth-order valence-electron chi connectivity index (χ4n) is 3.79. The fraction of sp³-hybridized carbons (Fsp3) is 0.364. The smallest absolute Gasteiger partial charge is 0.264 e. The van der Waals surface area contributed by atoms with Crippen molar-refractivity contribution in [2.75, 3.05) is 37.0 Å². The van der Waals surface area contributed by atoms with Crippen molar-refractivity contribution in [2.24, 2.45) is 5.92 Å². The van der Waals surface area contributed by atoms with E-state index in [1.54, 1.807) is 24.1 Å². The third kappa shape index (κ3) is 4.02. The molecule has 0 aromatic heterocycles. The van der Waals surface area contributed by atoms with Gasteiger partial charge in [0, 0.05) is 25.2 Å². The highest BCUT2D eigenvalue weighted by atomic mass is 16.5. The number of carbonyl (C=O) groups is 2. The van der Waals surface area contributed by atoms with E-state index in [0.29, 0.717) is 17.1 Å². The number of likely N-dealkylation sites (tertiary alicyclic amines) is 1. The van der Waals surface area contributed by atoms with Gasteiger partial charge in [0.15, 0.2) is 6.61 Å². The van der Waals surface area contributed by atoms with E-state index < -0.39 is 0 Å². The lowest BCUT2D eigenvalue weighted by Crippen LogP contribution is -2.38. The maximum Gasteiger partial charge on any atom is 0.264 e. The highest BCUT2D eigenvalue weighted by Gasteiger charge is 2.26. The SMILES string of the molecule is CN1C(=O)COc2ccc(NC(=O)C3CCN(Cc4ccccc4)CC3)cc21. The van der Waals surface area contributed by atoms with Crippen LogP contribution in [0.2, 0.25) is 0 Å². The van der Waals surface area contributed by atoms with Gasteiger partial charge in [-0.25, -0.2) is 0 Å². The van der Waals surface area contributed by atoms with Crippen molar-refractivity contribution in [1.82, 2.24) is 4.90 Å². The third-order valence-electron chi connectivity index (χ3n) is 5.52. The zero-order chi connectivity index (χ0) is 19.5. The van der Waals surface area contributed by atoms with Crippen LogP contribution >= 0.6 is 0 Å².